The second kappa shape index (κ2) is 10.9. The van der Waals surface area contributed by atoms with Gasteiger partial charge in [0.15, 0.2) is 0 Å². The first-order valence-electron chi connectivity index (χ1n) is 11.3. The van der Waals surface area contributed by atoms with Crippen LogP contribution in [0.1, 0.15) is 19.3 Å². The molecule has 0 bridgehead atoms. The van der Waals surface area contributed by atoms with Gasteiger partial charge in [-0.2, -0.15) is 4.68 Å². The largest absolute Gasteiger partial charge is 0.379 e. The maximum Gasteiger partial charge on any atom is 0.271 e. The summed E-state index contributed by atoms with van der Waals surface area (Å²) in [6.07, 6.45) is 2.71. The lowest BCUT2D eigenvalue weighted by molar-refractivity contribution is -0.125. The number of piperidine rings is 1. The van der Waals surface area contributed by atoms with Crippen LogP contribution in [0.3, 0.4) is 0 Å². The quantitative estimate of drug-likeness (QED) is 0.637. The molecule has 2 aliphatic rings. The van der Waals surface area contributed by atoms with E-state index in [4.69, 9.17) is 16.3 Å². The first-order chi connectivity index (χ1) is 15.6. The van der Waals surface area contributed by atoms with Gasteiger partial charge in [-0.05, 0) is 50.1 Å². The number of amides is 1. The molecule has 0 saturated carbocycles. The number of aromatic nitrogens is 2. The maximum absolute atomic E-state index is 12.7. The van der Waals surface area contributed by atoms with Crippen LogP contribution in [-0.4, -0.2) is 73.1 Å². The van der Waals surface area contributed by atoms with Gasteiger partial charge >= 0.3 is 0 Å². The molecule has 2 saturated heterocycles. The van der Waals surface area contributed by atoms with Crippen molar-refractivity contribution in [2.24, 2.45) is 5.92 Å². The van der Waals surface area contributed by atoms with Crippen molar-refractivity contribution in [3.05, 3.63) is 51.8 Å². The molecule has 2 aliphatic heterocycles. The Balaban J connectivity index is 1.33. The molecular formula is C23H30ClN5O3. The maximum atomic E-state index is 12.7. The summed E-state index contributed by atoms with van der Waals surface area (Å²) in [6.45, 7) is 6.59. The van der Waals surface area contributed by atoms with Crippen molar-refractivity contribution < 1.29 is 9.53 Å². The summed E-state index contributed by atoms with van der Waals surface area (Å²) in [7, 11) is 0. The van der Waals surface area contributed by atoms with Crippen LogP contribution in [0.15, 0.2) is 41.2 Å². The van der Waals surface area contributed by atoms with Gasteiger partial charge in [0.1, 0.15) is 5.82 Å². The fraction of sp³-hybridized carbons (Fsp3) is 0.522. The van der Waals surface area contributed by atoms with Crippen molar-refractivity contribution in [3.63, 3.8) is 0 Å². The monoisotopic (exact) mass is 459 g/mol. The Kier molecular flexibility index (Phi) is 7.78. The van der Waals surface area contributed by atoms with E-state index >= 15 is 0 Å². The predicted molar refractivity (Wildman–Crippen MR) is 125 cm³/mol. The molecule has 4 rings (SSSR count). The summed E-state index contributed by atoms with van der Waals surface area (Å²) in [5.74, 6) is 0.703. The summed E-state index contributed by atoms with van der Waals surface area (Å²) in [5, 5.41) is 8.20. The zero-order chi connectivity index (χ0) is 22.3. The second-order valence-corrected chi connectivity index (χ2v) is 8.74. The SMILES string of the molecule is O=C(NCCCN1CCOCC1)[C@@H]1CCCN(c2ccc(=O)n(-c3cccc(Cl)c3)n2)C1. The van der Waals surface area contributed by atoms with Crippen LogP contribution in [0, 0.1) is 5.92 Å². The van der Waals surface area contributed by atoms with Crippen LogP contribution >= 0.6 is 11.6 Å². The molecule has 172 valence electrons. The minimum Gasteiger partial charge on any atom is -0.379 e. The number of hydrogen-bond donors (Lipinski definition) is 1. The Labute approximate surface area is 193 Å². The highest BCUT2D eigenvalue weighted by atomic mass is 35.5. The summed E-state index contributed by atoms with van der Waals surface area (Å²) in [4.78, 5) is 29.6. The molecule has 0 aliphatic carbocycles. The van der Waals surface area contributed by atoms with Gasteiger partial charge in [0, 0.05) is 43.8 Å². The third-order valence-electron chi connectivity index (χ3n) is 6.01. The van der Waals surface area contributed by atoms with E-state index in [0.29, 0.717) is 29.6 Å². The van der Waals surface area contributed by atoms with E-state index in [1.807, 2.05) is 0 Å². The minimum atomic E-state index is -0.220. The third-order valence-corrected chi connectivity index (χ3v) is 6.24. The molecule has 2 aromatic rings. The molecule has 2 fully saturated rings. The van der Waals surface area contributed by atoms with Gasteiger partial charge in [-0.1, -0.05) is 17.7 Å². The molecule has 1 atom stereocenters. The molecule has 1 N–H and O–H groups in total. The molecule has 1 aromatic carbocycles. The van der Waals surface area contributed by atoms with Crippen LogP contribution < -0.4 is 15.8 Å². The smallest absolute Gasteiger partial charge is 0.271 e. The number of rotatable bonds is 7. The van der Waals surface area contributed by atoms with Crippen molar-refractivity contribution in [2.75, 3.05) is 57.4 Å². The Morgan fingerprint density at radius 2 is 2.03 bits per heavy atom. The molecule has 0 unspecified atom stereocenters. The number of nitrogens with one attached hydrogen (secondary N) is 1. The highest BCUT2D eigenvalue weighted by molar-refractivity contribution is 6.30. The van der Waals surface area contributed by atoms with E-state index in [1.165, 1.54) is 10.7 Å². The van der Waals surface area contributed by atoms with Gasteiger partial charge in [0.05, 0.1) is 24.8 Å². The van der Waals surface area contributed by atoms with Crippen molar-refractivity contribution in [1.82, 2.24) is 20.0 Å². The van der Waals surface area contributed by atoms with E-state index < -0.39 is 0 Å². The normalized spacial score (nSPS) is 19.7. The number of nitrogens with zero attached hydrogens (tertiary/aromatic N) is 4. The highest BCUT2D eigenvalue weighted by Gasteiger charge is 2.26. The molecule has 0 radical (unpaired) electrons. The molecule has 8 nitrogen and oxygen atoms in total. The molecule has 32 heavy (non-hydrogen) atoms. The molecule has 1 aromatic heterocycles. The van der Waals surface area contributed by atoms with Crippen LogP contribution in [-0.2, 0) is 9.53 Å². The number of carbonyl (C=O) groups is 1. The standard InChI is InChI=1S/C23H30ClN5O3/c24-19-5-1-6-20(16-19)29-22(30)8-7-21(26-29)28-11-2-4-18(17-28)23(31)25-9-3-10-27-12-14-32-15-13-27/h1,5-8,16,18H,2-4,9-15,17H2,(H,25,31)/t18-/m1/s1. The number of halogens is 1. The Hall–Kier alpha value is -2.42. The van der Waals surface area contributed by atoms with Gasteiger partial charge in [-0.3, -0.25) is 14.5 Å². The zero-order valence-corrected chi connectivity index (χ0v) is 19.0. The minimum absolute atomic E-state index is 0.0829. The van der Waals surface area contributed by atoms with Gasteiger partial charge < -0.3 is 15.0 Å². The fourth-order valence-electron chi connectivity index (χ4n) is 4.25. The number of hydrogen-bond acceptors (Lipinski definition) is 6. The van der Waals surface area contributed by atoms with Crippen LogP contribution in [0.5, 0.6) is 0 Å². The van der Waals surface area contributed by atoms with E-state index in [1.54, 1.807) is 30.3 Å². The first kappa shape index (κ1) is 22.8. The average molecular weight is 460 g/mol. The topological polar surface area (TPSA) is 79.7 Å². The van der Waals surface area contributed by atoms with Crippen molar-refractivity contribution in [2.45, 2.75) is 19.3 Å². The lowest BCUT2D eigenvalue weighted by atomic mass is 9.97. The molecular weight excluding hydrogens is 430 g/mol. The summed E-state index contributed by atoms with van der Waals surface area (Å²) < 4.78 is 6.73. The fourth-order valence-corrected chi connectivity index (χ4v) is 4.43. The lowest BCUT2D eigenvalue weighted by Crippen LogP contribution is -2.44. The number of carbonyl (C=O) groups excluding carboxylic acids is 1. The van der Waals surface area contributed by atoms with Crippen molar-refractivity contribution in [3.8, 4) is 5.69 Å². The van der Waals surface area contributed by atoms with Gasteiger partial charge in [-0.15, -0.1) is 5.10 Å². The van der Waals surface area contributed by atoms with E-state index in [-0.39, 0.29) is 17.4 Å². The number of morpholine rings is 1. The molecule has 1 amide bonds. The van der Waals surface area contributed by atoms with Gasteiger partial charge in [0.25, 0.3) is 5.56 Å². The van der Waals surface area contributed by atoms with Crippen molar-refractivity contribution >= 4 is 23.3 Å². The zero-order valence-electron chi connectivity index (χ0n) is 18.2. The van der Waals surface area contributed by atoms with Crippen LogP contribution in [0.2, 0.25) is 5.02 Å². The Bertz CT molecular complexity index is 976. The summed E-state index contributed by atoms with van der Waals surface area (Å²) in [6, 6.07) is 10.3. The average Bonchev–Trinajstić information content (AvgIpc) is 2.83. The molecule has 0 spiro atoms. The second-order valence-electron chi connectivity index (χ2n) is 8.31. The van der Waals surface area contributed by atoms with Crippen molar-refractivity contribution in [1.29, 1.82) is 0 Å². The number of benzene rings is 1. The number of anilines is 1. The summed E-state index contributed by atoms with van der Waals surface area (Å²) in [5.41, 5.74) is 0.401. The predicted octanol–water partition coefficient (Wildman–Crippen LogP) is 1.94. The van der Waals surface area contributed by atoms with Crippen LogP contribution in [0.4, 0.5) is 5.82 Å². The first-order valence-corrected chi connectivity index (χ1v) is 11.7. The highest BCUT2D eigenvalue weighted by Crippen LogP contribution is 2.22. The van der Waals surface area contributed by atoms with E-state index in [0.717, 1.165) is 58.7 Å². The number of ether oxygens (including phenoxy) is 1. The van der Waals surface area contributed by atoms with Crippen LogP contribution in [0.25, 0.3) is 5.69 Å². The van der Waals surface area contributed by atoms with E-state index in [9.17, 15) is 9.59 Å². The van der Waals surface area contributed by atoms with E-state index in [2.05, 4.69) is 20.2 Å². The van der Waals surface area contributed by atoms with Gasteiger partial charge in [0.2, 0.25) is 5.91 Å². The Morgan fingerprint density at radius 1 is 1.19 bits per heavy atom. The summed E-state index contributed by atoms with van der Waals surface area (Å²) >= 11 is 6.08. The third kappa shape index (κ3) is 5.88. The molecule has 9 heteroatoms. The Morgan fingerprint density at radius 3 is 2.84 bits per heavy atom. The lowest BCUT2D eigenvalue weighted by Gasteiger charge is -2.33. The van der Waals surface area contributed by atoms with Gasteiger partial charge in [-0.25, -0.2) is 0 Å². The molecule has 3 heterocycles.